The third kappa shape index (κ3) is 5.06. The number of Topliss-reactive ketones (excluding diaryl/α,β-unsaturated/α-hetero) is 1. The number of hydrogen-bond donors (Lipinski definition) is 0. The van der Waals surface area contributed by atoms with Crippen LogP contribution in [0.3, 0.4) is 0 Å². The van der Waals surface area contributed by atoms with E-state index in [4.69, 9.17) is 32.7 Å². The number of hydrogen-bond acceptors (Lipinski definition) is 4. The molecular formula is C21H20Cl2N2O3. The van der Waals surface area contributed by atoms with Crippen molar-refractivity contribution in [3.8, 4) is 11.5 Å². The first kappa shape index (κ1) is 20.2. The quantitative estimate of drug-likeness (QED) is 0.488. The Labute approximate surface area is 173 Å². The van der Waals surface area contributed by atoms with Crippen LogP contribution in [0.4, 0.5) is 0 Å². The van der Waals surface area contributed by atoms with Crippen molar-refractivity contribution in [2.45, 2.75) is 20.1 Å². The van der Waals surface area contributed by atoms with E-state index >= 15 is 0 Å². The molecule has 1 unspecified atom stereocenters. The van der Waals surface area contributed by atoms with Gasteiger partial charge < -0.3 is 9.47 Å². The molecule has 146 valence electrons. The minimum absolute atomic E-state index is 0.144. The number of rotatable bonds is 8. The van der Waals surface area contributed by atoms with Crippen LogP contribution in [-0.2, 0) is 4.79 Å². The maximum atomic E-state index is 13.3. The topological polar surface area (TPSA) is 53.4 Å². The van der Waals surface area contributed by atoms with Crippen LogP contribution in [0.25, 0.3) is 0 Å². The zero-order valence-corrected chi connectivity index (χ0v) is 17.0. The largest absolute Gasteiger partial charge is 0.493 e. The Kier molecular flexibility index (Phi) is 6.27. The van der Waals surface area contributed by atoms with Gasteiger partial charge in [-0.1, -0.05) is 23.2 Å². The second-order valence-corrected chi connectivity index (χ2v) is 7.80. The van der Waals surface area contributed by atoms with Gasteiger partial charge in [-0.05, 0) is 62.4 Å². The molecule has 0 aliphatic carbocycles. The Morgan fingerprint density at radius 1 is 1.04 bits per heavy atom. The lowest BCUT2D eigenvalue weighted by atomic mass is 9.88. The Bertz CT molecular complexity index is 908. The minimum Gasteiger partial charge on any atom is -0.493 e. The number of imidazole rings is 1. The van der Waals surface area contributed by atoms with Gasteiger partial charge in [-0.2, -0.15) is 0 Å². The zero-order valence-electron chi connectivity index (χ0n) is 15.5. The summed E-state index contributed by atoms with van der Waals surface area (Å²) in [6.07, 6.45) is 3.96. The van der Waals surface area contributed by atoms with Gasteiger partial charge in [0.25, 0.3) is 0 Å². The first-order chi connectivity index (χ1) is 13.3. The van der Waals surface area contributed by atoms with Gasteiger partial charge in [0.15, 0.2) is 0 Å². The predicted molar refractivity (Wildman–Crippen MR) is 109 cm³/mol. The second kappa shape index (κ2) is 8.67. The highest BCUT2D eigenvalue weighted by atomic mass is 35.5. The summed E-state index contributed by atoms with van der Waals surface area (Å²) >= 11 is 11.8. The summed E-state index contributed by atoms with van der Waals surface area (Å²) in [5.74, 6) is 1.03. The molecule has 0 aliphatic heterocycles. The molecule has 0 saturated carbocycles. The number of ketones is 1. The van der Waals surface area contributed by atoms with Crippen LogP contribution in [0.1, 0.15) is 20.1 Å². The smallest absolute Gasteiger partial charge is 0.237 e. The van der Waals surface area contributed by atoms with Crippen molar-refractivity contribution in [3.63, 3.8) is 0 Å². The SMILES string of the molecule is CC(C)(COc1ccc(Cl)cc1)C(=O)C(Oc1ccc(Cl)cc1)n1ccnc1. The highest BCUT2D eigenvalue weighted by molar-refractivity contribution is 6.30. The van der Waals surface area contributed by atoms with Crippen LogP contribution in [-0.4, -0.2) is 21.9 Å². The van der Waals surface area contributed by atoms with Gasteiger partial charge in [0, 0.05) is 22.4 Å². The Balaban J connectivity index is 1.77. The molecule has 0 saturated heterocycles. The molecule has 28 heavy (non-hydrogen) atoms. The average Bonchev–Trinajstić information content (AvgIpc) is 3.21. The van der Waals surface area contributed by atoms with Crippen molar-refractivity contribution >= 4 is 29.0 Å². The molecule has 0 fully saturated rings. The van der Waals surface area contributed by atoms with Crippen LogP contribution >= 0.6 is 23.2 Å². The Morgan fingerprint density at radius 3 is 2.14 bits per heavy atom. The van der Waals surface area contributed by atoms with Crippen molar-refractivity contribution in [2.24, 2.45) is 5.41 Å². The van der Waals surface area contributed by atoms with Gasteiger partial charge in [0.2, 0.25) is 12.0 Å². The minimum atomic E-state index is -0.882. The van der Waals surface area contributed by atoms with Crippen LogP contribution < -0.4 is 9.47 Å². The molecular weight excluding hydrogens is 399 g/mol. The number of aromatic nitrogens is 2. The standard InChI is InChI=1S/C21H20Cl2N2O3/c1-21(2,13-27-17-7-3-15(22)4-8-17)19(26)20(25-12-11-24-14-25)28-18-9-5-16(23)6-10-18/h3-12,14,20H,13H2,1-2H3. The third-order valence-electron chi connectivity index (χ3n) is 4.16. The summed E-state index contributed by atoms with van der Waals surface area (Å²) in [6, 6.07) is 13.9. The van der Waals surface area contributed by atoms with Crippen LogP contribution in [0.15, 0.2) is 67.3 Å². The van der Waals surface area contributed by atoms with E-state index in [-0.39, 0.29) is 12.4 Å². The highest BCUT2D eigenvalue weighted by Gasteiger charge is 2.37. The fraction of sp³-hybridized carbons (Fsp3) is 0.238. The lowest BCUT2D eigenvalue weighted by Gasteiger charge is -2.29. The molecule has 2 aromatic carbocycles. The first-order valence-corrected chi connectivity index (χ1v) is 9.43. The van der Waals surface area contributed by atoms with E-state index in [1.54, 1.807) is 71.8 Å². The van der Waals surface area contributed by atoms with E-state index < -0.39 is 11.6 Å². The zero-order chi connectivity index (χ0) is 20.1. The van der Waals surface area contributed by atoms with Crippen molar-refractivity contribution in [1.82, 2.24) is 9.55 Å². The summed E-state index contributed by atoms with van der Waals surface area (Å²) in [5, 5.41) is 1.22. The van der Waals surface area contributed by atoms with Crippen molar-refractivity contribution < 1.29 is 14.3 Å². The molecule has 0 bridgehead atoms. The summed E-state index contributed by atoms with van der Waals surface area (Å²) < 4.78 is 13.4. The molecule has 1 atom stereocenters. The maximum absolute atomic E-state index is 13.3. The van der Waals surface area contributed by atoms with Crippen LogP contribution in [0, 0.1) is 5.41 Å². The average molecular weight is 419 g/mol. The number of carbonyl (C=O) groups is 1. The number of ether oxygens (including phenoxy) is 2. The molecule has 0 aliphatic rings. The molecule has 0 spiro atoms. The van der Waals surface area contributed by atoms with E-state index in [1.165, 1.54) is 0 Å². The second-order valence-electron chi connectivity index (χ2n) is 6.92. The molecule has 3 aromatic rings. The molecule has 5 nitrogen and oxygen atoms in total. The van der Waals surface area contributed by atoms with Crippen molar-refractivity contribution in [1.29, 1.82) is 0 Å². The molecule has 3 rings (SSSR count). The van der Waals surface area contributed by atoms with E-state index in [0.717, 1.165) is 0 Å². The lowest BCUT2D eigenvalue weighted by Crippen LogP contribution is -2.39. The van der Waals surface area contributed by atoms with Crippen LogP contribution in [0.5, 0.6) is 11.5 Å². The fourth-order valence-corrected chi connectivity index (χ4v) is 2.75. The summed E-state index contributed by atoms with van der Waals surface area (Å²) in [6.45, 7) is 3.82. The van der Waals surface area contributed by atoms with Gasteiger partial charge >= 0.3 is 0 Å². The molecule has 0 radical (unpaired) electrons. The van der Waals surface area contributed by atoms with Crippen LogP contribution in [0.2, 0.25) is 10.0 Å². The van der Waals surface area contributed by atoms with E-state index in [9.17, 15) is 4.79 Å². The summed E-state index contributed by atoms with van der Waals surface area (Å²) in [7, 11) is 0. The molecule has 1 heterocycles. The fourth-order valence-electron chi connectivity index (χ4n) is 2.50. The molecule has 0 amide bonds. The van der Waals surface area contributed by atoms with E-state index in [1.807, 2.05) is 13.8 Å². The van der Waals surface area contributed by atoms with Gasteiger partial charge in [-0.3, -0.25) is 9.36 Å². The first-order valence-electron chi connectivity index (χ1n) is 8.67. The molecule has 7 heteroatoms. The Hall–Kier alpha value is -2.50. The normalized spacial score (nSPS) is 12.4. The predicted octanol–water partition coefficient (Wildman–Crippen LogP) is 5.44. The van der Waals surface area contributed by atoms with Gasteiger partial charge in [0.1, 0.15) is 18.1 Å². The number of halogens is 2. The number of nitrogens with zero attached hydrogens (tertiary/aromatic N) is 2. The number of benzene rings is 2. The van der Waals surface area contributed by atoms with E-state index in [0.29, 0.717) is 21.5 Å². The maximum Gasteiger partial charge on any atom is 0.237 e. The van der Waals surface area contributed by atoms with Crippen molar-refractivity contribution in [3.05, 3.63) is 77.3 Å². The van der Waals surface area contributed by atoms with Crippen molar-refractivity contribution in [2.75, 3.05) is 6.61 Å². The molecule has 1 aromatic heterocycles. The third-order valence-corrected chi connectivity index (χ3v) is 4.67. The number of carbonyl (C=O) groups excluding carboxylic acids is 1. The van der Waals surface area contributed by atoms with Gasteiger partial charge in [0.05, 0.1) is 11.7 Å². The molecule has 0 N–H and O–H groups in total. The van der Waals surface area contributed by atoms with E-state index in [2.05, 4.69) is 4.98 Å². The lowest BCUT2D eigenvalue weighted by molar-refractivity contribution is -0.140. The van der Waals surface area contributed by atoms with Gasteiger partial charge in [-0.15, -0.1) is 0 Å². The monoisotopic (exact) mass is 418 g/mol. The summed E-state index contributed by atoms with van der Waals surface area (Å²) in [5.41, 5.74) is -0.818. The Morgan fingerprint density at radius 2 is 1.61 bits per heavy atom. The highest BCUT2D eigenvalue weighted by Crippen LogP contribution is 2.29. The summed E-state index contributed by atoms with van der Waals surface area (Å²) in [4.78, 5) is 17.3. The van der Waals surface area contributed by atoms with Gasteiger partial charge in [-0.25, -0.2) is 4.98 Å².